The number of aldehydes is 1. The average molecular weight is 376 g/mol. The van der Waals surface area contributed by atoms with Gasteiger partial charge in [-0.1, -0.05) is 0 Å². The molecular formula is C18H20N2O5S. The number of anilines is 1. The van der Waals surface area contributed by atoms with Gasteiger partial charge in [0.1, 0.15) is 12.0 Å². The quantitative estimate of drug-likeness (QED) is 0.690. The van der Waals surface area contributed by atoms with Crippen molar-refractivity contribution in [2.24, 2.45) is 0 Å². The van der Waals surface area contributed by atoms with Gasteiger partial charge in [-0.15, -0.1) is 0 Å². The normalized spacial score (nSPS) is 16.2. The summed E-state index contributed by atoms with van der Waals surface area (Å²) >= 11 is 0. The van der Waals surface area contributed by atoms with Gasteiger partial charge in [0, 0.05) is 24.9 Å². The van der Waals surface area contributed by atoms with Gasteiger partial charge < -0.3 is 14.3 Å². The third-order valence-corrected chi connectivity index (χ3v) is 6.20. The summed E-state index contributed by atoms with van der Waals surface area (Å²) in [5.74, 6) is 0.850. The van der Waals surface area contributed by atoms with Gasteiger partial charge in [-0.05, 0) is 36.8 Å². The highest BCUT2D eigenvalue weighted by Crippen LogP contribution is 2.41. The van der Waals surface area contributed by atoms with Gasteiger partial charge in [-0.25, -0.2) is 13.4 Å². The first kappa shape index (κ1) is 18.2. The van der Waals surface area contributed by atoms with Crippen LogP contribution in [-0.2, 0) is 14.8 Å². The Bertz CT molecular complexity index is 896. The topological polar surface area (TPSA) is 85.8 Å². The highest BCUT2D eigenvalue weighted by atomic mass is 32.2. The van der Waals surface area contributed by atoms with Crippen LogP contribution in [0.4, 0.5) is 5.69 Å². The molecule has 0 spiro atoms. The molecule has 1 atom stereocenters. The molecule has 0 saturated carbocycles. The van der Waals surface area contributed by atoms with Crippen molar-refractivity contribution >= 4 is 22.0 Å². The Morgan fingerprint density at radius 1 is 1.15 bits per heavy atom. The SMILES string of the molecule is COc1ccc(S(=O)(=O)N2CC(CCC=O)c3nc(OC)ccc32)cc1. The molecule has 0 aliphatic carbocycles. The Kier molecular flexibility index (Phi) is 5.13. The zero-order chi connectivity index (χ0) is 18.7. The van der Waals surface area contributed by atoms with Crippen LogP contribution in [0.3, 0.4) is 0 Å². The number of ether oxygens (including phenoxy) is 2. The van der Waals surface area contributed by atoms with Crippen molar-refractivity contribution in [3.63, 3.8) is 0 Å². The molecule has 2 aromatic rings. The summed E-state index contributed by atoms with van der Waals surface area (Å²) in [6, 6.07) is 9.59. The molecule has 0 saturated heterocycles. The molecule has 0 N–H and O–H groups in total. The van der Waals surface area contributed by atoms with Gasteiger partial charge in [0.25, 0.3) is 10.0 Å². The maximum atomic E-state index is 13.1. The number of methoxy groups -OCH3 is 2. The fraction of sp³-hybridized carbons (Fsp3) is 0.333. The van der Waals surface area contributed by atoms with E-state index in [4.69, 9.17) is 9.47 Å². The van der Waals surface area contributed by atoms with Crippen LogP contribution < -0.4 is 13.8 Å². The van der Waals surface area contributed by atoms with E-state index in [-0.39, 0.29) is 17.4 Å². The number of rotatable bonds is 7. The molecule has 2 heterocycles. The molecule has 0 fully saturated rings. The van der Waals surface area contributed by atoms with E-state index in [1.54, 1.807) is 24.3 Å². The monoisotopic (exact) mass is 376 g/mol. The fourth-order valence-electron chi connectivity index (χ4n) is 3.06. The van der Waals surface area contributed by atoms with E-state index in [1.165, 1.54) is 30.7 Å². The third-order valence-electron chi connectivity index (χ3n) is 4.41. The Morgan fingerprint density at radius 2 is 1.88 bits per heavy atom. The second kappa shape index (κ2) is 7.33. The van der Waals surface area contributed by atoms with Crippen molar-refractivity contribution in [3.8, 4) is 11.6 Å². The predicted octanol–water partition coefficient (Wildman–Crippen LogP) is 2.37. The summed E-state index contributed by atoms with van der Waals surface area (Å²) in [5.41, 5.74) is 1.17. The van der Waals surface area contributed by atoms with Crippen LogP contribution in [0.5, 0.6) is 11.6 Å². The first-order chi connectivity index (χ1) is 12.5. The van der Waals surface area contributed by atoms with Crippen molar-refractivity contribution in [3.05, 3.63) is 42.1 Å². The first-order valence-corrected chi connectivity index (χ1v) is 9.60. The first-order valence-electron chi connectivity index (χ1n) is 8.16. The van der Waals surface area contributed by atoms with E-state index in [0.29, 0.717) is 35.9 Å². The zero-order valence-electron chi connectivity index (χ0n) is 14.6. The number of carbonyl (C=O) groups is 1. The highest BCUT2D eigenvalue weighted by Gasteiger charge is 2.37. The van der Waals surface area contributed by atoms with Crippen LogP contribution >= 0.6 is 0 Å². The van der Waals surface area contributed by atoms with E-state index >= 15 is 0 Å². The predicted molar refractivity (Wildman–Crippen MR) is 96.4 cm³/mol. The minimum Gasteiger partial charge on any atom is -0.497 e. The van der Waals surface area contributed by atoms with Crippen molar-refractivity contribution in [1.82, 2.24) is 4.98 Å². The zero-order valence-corrected chi connectivity index (χ0v) is 15.4. The molecule has 7 nitrogen and oxygen atoms in total. The summed E-state index contributed by atoms with van der Waals surface area (Å²) in [5, 5.41) is 0. The maximum Gasteiger partial charge on any atom is 0.264 e. The number of benzene rings is 1. The Morgan fingerprint density at radius 3 is 2.50 bits per heavy atom. The van der Waals surface area contributed by atoms with Crippen LogP contribution in [0.15, 0.2) is 41.3 Å². The molecule has 8 heteroatoms. The Labute approximate surface area is 152 Å². The van der Waals surface area contributed by atoms with Gasteiger partial charge in [0.05, 0.1) is 30.5 Å². The van der Waals surface area contributed by atoms with E-state index < -0.39 is 10.0 Å². The van der Waals surface area contributed by atoms with Gasteiger partial charge in [0.2, 0.25) is 5.88 Å². The highest BCUT2D eigenvalue weighted by molar-refractivity contribution is 7.92. The van der Waals surface area contributed by atoms with Crippen molar-refractivity contribution in [2.75, 3.05) is 25.1 Å². The van der Waals surface area contributed by atoms with Gasteiger partial charge in [-0.2, -0.15) is 0 Å². The molecule has 3 rings (SSSR count). The molecule has 1 aliphatic heterocycles. The fourth-order valence-corrected chi connectivity index (χ4v) is 4.58. The molecule has 1 aliphatic rings. The van der Waals surface area contributed by atoms with Crippen LogP contribution in [-0.4, -0.2) is 40.5 Å². The lowest BCUT2D eigenvalue weighted by Crippen LogP contribution is -2.30. The number of sulfonamides is 1. The van der Waals surface area contributed by atoms with Crippen LogP contribution in [0, 0.1) is 0 Å². The number of hydrogen-bond acceptors (Lipinski definition) is 6. The van der Waals surface area contributed by atoms with Crippen LogP contribution in [0.25, 0.3) is 0 Å². The standard InChI is InChI=1S/C18H20N2O5S/c1-24-14-5-7-15(8-6-14)26(22,23)20-12-13(4-3-11-21)18-16(20)9-10-17(19-18)25-2/h5-11,13H,3-4,12H2,1-2H3. The number of pyridine rings is 1. The minimum atomic E-state index is -3.75. The second-order valence-electron chi connectivity index (χ2n) is 5.91. The molecule has 1 aromatic heterocycles. The van der Waals surface area contributed by atoms with Crippen molar-refractivity contribution < 1.29 is 22.7 Å². The Hall–Kier alpha value is -2.61. The number of fused-ring (bicyclic) bond motifs is 1. The molecule has 138 valence electrons. The van der Waals surface area contributed by atoms with Crippen molar-refractivity contribution in [1.29, 1.82) is 0 Å². The summed E-state index contributed by atoms with van der Waals surface area (Å²) in [7, 11) is -0.711. The third kappa shape index (κ3) is 3.24. The summed E-state index contributed by atoms with van der Waals surface area (Å²) < 4.78 is 37.9. The Balaban J connectivity index is 2.00. The summed E-state index contributed by atoms with van der Waals surface area (Å²) in [4.78, 5) is 15.4. The molecule has 0 bridgehead atoms. The lowest BCUT2D eigenvalue weighted by molar-refractivity contribution is -0.108. The molecule has 0 radical (unpaired) electrons. The lowest BCUT2D eigenvalue weighted by atomic mass is 10.0. The number of hydrogen-bond donors (Lipinski definition) is 0. The molecule has 26 heavy (non-hydrogen) atoms. The lowest BCUT2D eigenvalue weighted by Gasteiger charge is -2.20. The number of nitrogens with zero attached hydrogens (tertiary/aromatic N) is 2. The van der Waals surface area contributed by atoms with E-state index in [1.807, 2.05) is 0 Å². The van der Waals surface area contributed by atoms with Crippen LogP contribution in [0.2, 0.25) is 0 Å². The largest absolute Gasteiger partial charge is 0.497 e. The number of aromatic nitrogens is 1. The molecule has 1 unspecified atom stereocenters. The van der Waals surface area contributed by atoms with Crippen molar-refractivity contribution in [2.45, 2.75) is 23.7 Å². The maximum absolute atomic E-state index is 13.1. The summed E-state index contributed by atoms with van der Waals surface area (Å²) in [6.07, 6.45) is 1.71. The van der Waals surface area contributed by atoms with E-state index in [2.05, 4.69) is 4.98 Å². The van der Waals surface area contributed by atoms with Gasteiger partial charge in [-0.3, -0.25) is 4.31 Å². The second-order valence-corrected chi connectivity index (χ2v) is 7.77. The molecular weight excluding hydrogens is 356 g/mol. The molecule has 1 aromatic carbocycles. The van der Waals surface area contributed by atoms with E-state index in [9.17, 15) is 13.2 Å². The molecule has 0 amide bonds. The van der Waals surface area contributed by atoms with Gasteiger partial charge >= 0.3 is 0 Å². The summed E-state index contributed by atoms with van der Waals surface area (Å²) in [6.45, 7) is 0.248. The van der Waals surface area contributed by atoms with Gasteiger partial charge in [0.15, 0.2) is 0 Å². The minimum absolute atomic E-state index is 0.154. The van der Waals surface area contributed by atoms with E-state index in [0.717, 1.165) is 6.29 Å². The number of carbonyl (C=O) groups excluding carboxylic acids is 1. The van der Waals surface area contributed by atoms with Crippen LogP contribution in [0.1, 0.15) is 24.5 Å². The average Bonchev–Trinajstić information content (AvgIpc) is 3.04. The smallest absolute Gasteiger partial charge is 0.264 e.